The number of rotatable bonds is 7. The molecule has 3 rings (SSSR count). The lowest BCUT2D eigenvalue weighted by Gasteiger charge is -2.35. The molecule has 0 atom stereocenters. The fourth-order valence-corrected chi connectivity index (χ4v) is 3.72. The number of carbonyl (C=O) groups is 2. The molecule has 1 aliphatic heterocycles. The van der Waals surface area contributed by atoms with E-state index in [4.69, 9.17) is 4.74 Å². The number of methoxy groups -OCH3 is 1. The maximum Gasteiger partial charge on any atom is 0.254 e. The Balaban J connectivity index is 1.52. The Morgan fingerprint density at radius 2 is 1.73 bits per heavy atom. The van der Waals surface area contributed by atoms with Crippen molar-refractivity contribution in [3.63, 3.8) is 0 Å². The molecule has 2 aromatic rings. The van der Waals surface area contributed by atoms with Gasteiger partial charge in [0.1, 0.15) is 5.75 Å². The second kappa shape index (κ2) is 10.3. The predicted molar refractivity (Wildman–Crippen MR) is 118 cm³/mol. The van der Waals surface area contributed by atoms with Gasteiger partial charge in [0.2, 0.25) is 5.91 Å². The maximum atomic E-state index is 12.8. The van der Waals surface area contributed by atoms with Crippen molar-refractivity contribution in [2.24, 2.45) is 0 Å². The van der Waals surface area contributed by atoms with E-state index >= 15 is 0 Å². The molecule has 6 heteroatoms. The molecule has 0 saturated carbocycles. The van der Waals surface area contributed by atoms with E-state index in [2.05, 4.69) is 4.90 Å². The van der Waals surface area contributed by atoms with Crippen molar-refractivity contribution in [2.75, 3.05) is 46.4 Å². The van der Waals surface area contributed by atoms with Crippen LogP contribution in [0.1, 0.15) is 28.4 Å². The standard InChI is InChI=1S/C24H31N3O3/c1-4-26(17-20-8-6-5-7-9-20)23(28)18-25-12-14-27(15-13-25)24(29)21-11-10-19(2)22(16-21)30-3/h5-11,16H,4,12-15,17-18H2,1-3H3. The Morgan fingerprint density at radius 1 is 1.03 bits per heavy atom. The van der Waals surface area contributed by atoms with E-state index < -0.39 is 0 Å². The SMILES string of the molecule is CCN(Cc1ccccc1)C(=O)CN1CCN(C(=O)c2ccc(C)c(OC)c2)CC1. The van der Waals surface area contributed by atoms with Crippen molar-refractivity contribution in [1.82, 2.24) is 14.7 Å². The van der Waals surface area contributed by atoms with Crippen LogP contribution in [0.25, 0.3) is 0 Å². The van der Waals surface area contributed by atoms with E-state index in [9.17, 15) is 9.59 Å². The molecule has 160 valence electrons. The van der Waals surface area contributed by atoms with E-state index in [0.717, 1.165) is 16.9 Å². The highest BCUT2D eigenvalue weighted by molar-refractivity contribution is 5.94. The third kappa shape index (κ3) is 5.39. The number of amides is 2. The minimum atomic E-state index is 0.0125. The summed E-state index contributed by atoms with van der Waals surface area (Å²) in [5.41, 5.74) is 2.78. The summed E-state index contributed by atoms with van der Waals surface area (Å²) in [6.07, 6.45) is 0. The second-order valence-electron chi connectivity index (χ2n) is 7.65. The zero-order valence-electron chi connectivity index (χ0n) is 18.1. The van der Waals surface area contributed by atoms with Crippen LogP contribution < -0.4 is 4.74 Å². The van der Waals surface area contributed by atoms with Gasteiger partial charge in [-0.3, -0.25) is 14.5 Å². The lowest BCUT2D eigenvalue weighted by molar-refractivity contribution is -0.133. The number of piperazine rings is 1. The van der Waals surface area contributed by atoms with Crippen LogP contribution in [0.4, 0.5) is 0 Å². The average molecular weight is 410 g/mol. The third-order valence-electron chi connectivity index (χ3n) is 5.62. The summed E-state index contributed by atoms with van der Waals surface area (Å²) in [4.78, 5) is 31.5. The van der Waals surface area contributed by atoms with Crippen molar-refractivity contribution < 1.29 is 14.3 Å². The monoisotopic (exact) mass is 409 g/mol. The molecule has 0 spiro atoms. The van der Waals surface area contributed by atoms with Crippen LogP contribution in [-0.2, 0) is 11.3 Å². The van der Waals surface area contributed by atoms with Crippen LogP contribution in [0.2, 0.25) is 0 Å². The first-order valence-corrected chi connectivity index (χ1v) is 10.5. The fraction of sp³-hybridized carbons (Fsp3) is 0.417. The molecule has 0 aromatic heterocycles. The quantitative estimate of drug-likeness (QED) is 0.706. The van der Waals surface area contributed by atoms with Gasteiger partial charge in [-0.25, -0.2) is 0 Å². The van der Waals surface area contributed by atoms with Crippen molar-refractivity contribution in [1.29, 1.82) is 0 Å². The maximum absolute atomic E-state index is 12.8. The van der Waals surface area contributed by atoms with Crippen molar-refractivity contribution in [2.45, 2.75) is 20.4 Å². The largest absolute Gasteiger partial charge is 0.496 e. The van der Waals surface area contributed by atoms with Crippen LogP contribution in [0.5, 0.6) is 5.75 Å². The van der Waals surface area contributed by atoms with E-state index in [1.54, 1.807) is 13.2 Å². The molecular weight excluding hydrogens is 378 g/mol. The highest BCUT2D eigenvalue weighted by Gasteiger charge is 2.25. The van der Waals surface area contributed by atoms with Crippen LogP contribution in [0.15, 0.2) is 48.5 Å². The molecule has 0 N–H and O–H groups in total. The Labute approximate surface area is 179 Å². The minimum Gasteiger partial charge on any atom is -0.496 e. The van der Waals surface area contributed by atoms with Crippen LogP contribution in [-0.4, -0.2) is 72.9 Å². The van der Waals surface area contributed by atoms with Gasteiger partial charge in [0.15, 0.2) is 0 Å². The van der Waals surface area contributed by atoms with E-state index in [0.29, 0.717) is 51.4 Å². The van der Waals surface area contributed by atoms with Crippen LogP contribution >= 0.6 is 0 Å². The molecule has 0 aliphatic carbocycles. The predicted octanol–water partition coefficient (Wildman–Crippen LogP) is 2.81. The van der Waals surface area contributed by atoms with Gasteiger partial charge in [-0.1, -0.05) is 36.4 Å². The molecule has 0 bridgehead atoms. The lowest BCUT2D eigenvalue weighted by Crippen LogP contribution is -2.51. The first-order chi connectivity index (χ1) is 14.5. The minimum absolute atomic E-state index is 0.0125. The van der Waals surface area contributed by atoms with Crippen LogP contribution in [0.3, 0.4) is 0 Å². The molecule has 1 saturated heterocycles. The summed E-state index contributed by atoms with van der Waals surface area (Å²) in [7, 11) is 1.61. The summed E-state index contributed by atoms with van der Waals surface area (Å²) in [6, 6.07) is 15.6. The first-order valence-electron chi connectivity index (χ1n) is 10.5. The average Bonchev–Trinajstić information content (AvgIpc) is 2.78. The fourth-order valence-electron chi connectivity index (χ4n) is 3.72. The molecule has 1 heterocycles. The number of carbonyl (C=O) groups excluding carboxylic acids is 2. The zero-order valence-corrected chi connectivity index (χ0v) is 18.1. The summed E-state index contributed by atoms with van der Waals surface area (Å²) in [6.45, 7) is 8.30. The third-order valence-corrected chi connectivity index (χ3v) is 5.62. The summed E-state index contributed by atoms with van der Waals surface area (Å²) in [5.74, 6) is 0.867. The normalized spacial score (nSPS) is 14.4. The Hall–Kier alpha value is -2.86. The highest BCUT2D eigenvalue weighted by atomic mass is 16.5. The van der Waals surface area contributed by atoms with Crippen molar-refractivity contribution in [3.05, 3.63) is 65.2 Å². The number of hydrogen-bond acceptors (Lipinski definition) is 4. The molecular formula is C24H31N3O3. The number of likely N-dealkylation sites (N-methyl/N-ethyl adjacent to an activating group) is 1. The first kappa shape index (κ1) is 21.8. The Bertz CT molecular complexity index is 861. The Morgan fingerprint density at radius 3 is 2.37 bits per heavy atom. The number of ether oxygens (including phenoxy) is 1. The van der Waals surface area contributed by atoms with Gasteiger partial charge < -0.3 is 14.5 Å². The topological polar surface area (TPSA) is 53.1 Å². The molecule has 2 aromatic carbocycles. The van der Waals surface area contributed by atoms with Crippen molar-refractivity contribution in [3.8, 4) is 5.75 Å². The smallest absolute Gasteiger partial charge is 0.254 e. The van der Waals surface area contributed by atoms with E-state index in [1.807, 2.05) is 66.1 Å². The zero-order chi connectivity index (χ0) is 21.5. The molecule has 0 radical (unpaired) electrons. The van der Waals surface area contributed by atoms with Gasteiger partial charge in [-0.15, -0.1) is 0 Å². The number of aryl methyl sites for hydroxylation is 1. The number of nitrogens with zero attached hydrogens (tertiary/aromatic N) is 3. The van der Waals surface area contributed by atoms with E-state index in [-0.39, 0.29) is 11.8 Å². The summed E-state index contributed by atoms with van der Waals surface area (Å²) in [5, 5.41) is 0. The number of hydrogen-bond donors (Lipinski definition) is 0. The lowest BCUT2D eigenvalue weighted by atomic mass is 10.1. The van der Waals surface area contributed by atoms with Gasteiger partial charge in [0.25, 0.3) is 5.91 Å². The molecule has 1 fully saturated rings. The molecule has 30 heavy (non-hydrogen) atoms. The summed E-state index contributed by atoms with van der Waals surface area (Å²) < 4.78 is 5.34. The highest BCUT2D eigenvalue weighted by Crippen LogP contribution is 2.20. The van der Waals surface area contributed by atoms with Crippen molar-refractivity contribution >= 4 is 11.8 Å². The Kier molecular flexibility index (Phi) is 7.46. The molecule has 1 aliphatic rings. The molecule has 2 amide bonds. The summed E-state index contributed by atoms with van der Waals surface area (Å²) >= 11 is 0. The van der Waals surface area contributed by atoms with Gasteiger partial charge >= 0.3 is 0 Å². The van der Waals surface area contributed by atoms with Crippen LogP contribution in [0, 0.1) is 6.92 Å². The molecule has 0 unspecified atom stereocenters. The van der Waals surface area contributed by atoms with Gasteiger partial charge in [0, 0.05) is 44.8 Å². The molecule has 6 nitrogen and oxygen atoms in total. The van der Waals surface area contributed by atoms with E-state index in [1.165, 1.54) is 0 Å². The second-order valence-corrected chi connectivity index (χ2v) is 7.65. The number of benzene rings is 2. The van der Waals surface area contributed by atoms with Gasteiger partial charge in [-0.05, 0) is 37.1 Å². The van der Waals surface area contributed by atoms with Gasteiger partial charge in [-0.2, -0.15) is 0 Å². The van der Waals surface area contributed by atoms with Gasteiger partial charge in [0.05, 0.1) is 13.7 Å².